The highest BCUT2D eigenvalue weighted by atomic mass is 32.2. The van der Waals surface area contributed by atoms with Crippen LogP contribution in [0, 0.1) is 0 Å². The van der Waals surface area contributed by atoms with Crippen LogP contribution in [0.1, 0.15) is 31.9 Å². The molecule has 0 bridgehead atoms. The fourth-order valence-corrected chi connectivity index (χ4v) is 5.56. The molecular weight excluding hydrogens is 316 g/mol. The molecule has 0 aliphatic carbocycles. The van der Waals surface area contributed by atoms with E-state index >= 15 is 0 Å². The summed E-state index contributed by atoms with van der Waals surface area (Å²) in [6.07, 6.45) is 2.20. The van der Waals surface area contributed by atoms with Crippen LogP contribution in [0.5, 0.6) is 0 Å². The van der Waals surface area contributed by atoms with Gasteiger partial charge in [0.25, 0.3) is 5.91 Å². The summed E-state index contributed by atoms with van der Waals surface area (Å²) >= 11 is 1.63. The number of nitrogens with zero attached hydrogens (tertiary/aromatic N) is 1. The van der Waals surface area contributed by atoms with Gasteiger partial charge in [-0.1, -0.05) is 48.2 Å². The number of thioether (sulfide) groups is 1. The van der Waals surface area contributed by atoms with Crippen molar-refractivity contribution in [3.8, 4) is 0 Å². The molecule has 1 spiro atoms. The van der Waals surface area contributed by atoms with Crippen molar-refractivity contribution in [3.63, 3.8) is 0 Å². The van der Waals surface area contributed by atoms with E-state index < -0.39 is 4.87 Å². The van der Waals surface area contributed by atoms with Crippen LogP contribution in [0.2, 0.25) is 0 Å². The number of carbonyl (C=O) groups excluding carboxylic acids is 1. The number of hydrogen-bond acceptors (Lipinski definition) is 3. The molecule has 0 radical (unpaired) electrons. The van der Waals surface area contributed by atoms with Crippen LogP contribution in [0.3, 0.4) is 0 Å². The Morgan fingerprint density at radius 3 is 2.67 bits per heavy atom. The summed E-state index contributed by atoms with van der Waals surface area (Å²) in [5.41, 5.74) is 5.25. The minimum absolute atomic E-state index is 0.125. The van der Waals surface area contributed by atoms with Gasteiger partial charge in [0.1, 0.15) is 0 Å². The van der Waals surface area contributed by atoms with E-state index in [0.717, 1.165) is 27.4 Å². The van der Waals surface area contributed by atoms with Crippen molar-refractivity contribution in [2.75, 3.05) is 10.2 Å². The van der Waals surface area contributed by atoms with Gasteiger partial charge in [-0.15, -0.1) is 0 Å². The van der Waals surface area contributed by atoms with Gasteiger partial charge < -0.3 is 5.32 Å². The Hall–Kier alpha value is -2.20. The lowest BCUT2D eigenvalue weighted by Gasteiger charge is -2.39. The maximum atomic E-state index is 13.6. The molecule has 4 heteroatoms. The first-order chi connectivity index (χ1) is 11.4. The maximum Gasteiger partial charge on any atom is 0.269 e. The first kappa shape index (κ1) is 14.2. The van der Waals surface area contributed by atoms with E-state index in [2.05, 4.69) is 56.4 Å². The van der Waals surface area contributed by atoms with E-state index in [4.69, 9.17) is 0 Å². The molecule has 2 aromatic carbocycles. The number of benzene rings is 2. The summed E-state index contributed by atoms with van der Waals surface area (Å²) in [6, 6.07) is 14.4. The molecule has 3 aliphatic rings. The molecular formula is C20H18N2OS. The van der Waals surface area contributed by atoms with E-state index in [1.165, 1.54) is 5.57 Å². The van der Waals surface area contributed by atoms with Crippen LogP contribution in [-0.4, -0.2) is 11.4 Å². The molecule has 0 fully saturated rings. The van der Waals surface area contributed by atoms with Gasteiger partial charge in [0.05, 0.1) is 11.2 Å². The van der Waals surface area contributed by atoms with Gasteiger partial charge in [-0.25, -0.2) is 0 Å². The Morgan fingerprint density at radius 2 is 1.88 bits per heavy atom. The van der Waals surface area contributed by atoms with Crippen LogP contribution < -0.4 is 10.2 Å². The SMILES string of the molecule is CC1=CC(C)(C)N2C(=O)C3(Nc4ccccc4S3)c3cccc1c32. The molecule has 2 aromatic rings. The van der Waals surface area contributed by atoms with Crippen molar-refractivity contribution < 1.29 is 4.79 Å². The highest BCUT2D eigenvalue weighted by Crippen LogP contribution is 2.60. The smallest absolute Gasteiger partial charge is 0.269 e. The Balaban J connectivity index is 1.79. The molecule has 1 N–H and O–H groups in total. The van der Waals surface area contributed by atoms with Crippen molar-refractivity contribution >= 4 is 34.6 Å². The predicted molar refractivity (Wildman–Crippen MR) is 99.3 cm³/mol. The van der Waals surface area contributed by atoms with Crippen molar-refractivity contribution in [2.45, 2.75) is 36.1 Å². The summed E-state index contributed by atoms with van der Waals surface area (Å²) in [4.78, 5) is 16.0. The number of rotatable bonds is 0. The summed E-state index contributed by atoms with van der Waals surface area (Å²) < 4.78 is 0. The zero-order valence-electron chi connectivity index (χ0n) is 13.9. The molecule has 0 aromatic heterocycles. The van der Waals surface area contributed by atoms with Crippen LogP contribution >= 0.6 is 11.8 Å². The first-order valence-corrected chi connectivity index (χ1v) is 9.00. The molecule has 1 amide bonds. The summed E-state index contributed by atoms with van der Waals surface area (Å²) in [5.74, 6) is 0.125. The van der Waals surface area contributed by atoms with Crippen molar-refractivity contribution in [1.82, 2.24) is 0 Å². The molecule has 3 aliphatic heterocycles. The normalized spacial score (nSPS) is 25.4. The number of para-hydroxylation sites is 2. The van der Waals surface area contributed by atoms with E-state index in [0.29, 0.717) is 0 Å². The van der Waals surface area contributed by atoms with Gasteiger partial charge in [0.2, 0.25) is 0 Å². The fraction of sp³-hybridized carbons (Fsp3) is 0.250. The minimum atomic E-state index is -0.745. The van der Waals surface area contributed by atoms with Crippen LogP contribution in [0.15, 0.2) is 53.4 Å². The molecule has 24 heavy (non-hydrogen) atoms. The van der Waals surface area contributed by atoms with Crippen molar-refractivity contribution in [3.05, 3.63) is 59.7 Å². The standard InChI is InChI=1S/C20H18N2OS/c1-12-11-19(2,3)22-17-13(12)7-6-8-14(17)20(18(22)23)21-15-9-4-5-10-16(15)24-20/h4-11,21H,1-3H3. The lowest BCUT2D eigenvalue weighted by atomic mass is 9.89. The largest absolute Gasteiger partial charge is 0.358 e. The van der Waals surface area contributed by atoms with Gasteiger partial charge in [-0.2, -0.15) is 0 Å². The van der Waals surface area contributed by atoms with Crippen LogP contribution in [0.4, 0.5) is 11.4 Å². The number of amides is 1. The summed E-state index contributed by atoms with van der Waals surface area (Å²) in [6.45, 7) is 6.36. The van der Waals surface area contributed by atoms with E-state index in [-0.39, 0.29) is 11.4 Å². The van der Waals surface area contributed by atoms with E-state index in [1.807, 2.05) is 23.1 Å². The Bertz CT molecular complexity index is 919. The number of carbonyl (C=O) groups is 1. The average Bonchev–Trinajstić information content (AvgIpc) is 3.04. The molecule has 0 saturated carbocycles. The van der Waals surface area contributed by atoms with E-state index in [1.54, 1.807) is 11.8 Å². The minimum Gasteiger partial charge on any atom is -0.358 e. The molecule has 3 nitrogen and oxygen atoms in total. The second-order valence-corrected chi connectivity index (χ2v) is 8.48. The first-order valence-electron chi connectivity index (χ1n) is 8.18. The molecule has 120 valence electrons. The fourth-order valence-electron chi connectivity index (χ4n) is 4.24. The average molecular weight is 334 g/mol. The Labute approximate surface area is 145 Å². The van der Waals surface area contributed by atoms with Crippen LogP contribution in [-0.2, 0) is 9.67 Å². The van der Waals surface area contributed by atoms with Gasteiger partial charge in [0, 0.05) is 21.7 Å². The Morgan fingerprint density at radius 1 is 1.08 bits per heavy atom. The number of fused-ring (bicyclic) bond motifs is 2. The topological polar surface area (TPSA) is 32.3 Å². The predicted octanol–water partition coefficient (Wildman–Crippen LogP) is 4.60. The molecule has 0 saturated heterocycles. The second-order valence-electron chi connectivity index (χ2n) is 7.23. The zero-order chi connectivity index (χ0) is 16.7. The zero-order valence-corrected chi connectivity index (χ0v) is 14.7. The van der Waals surface area contributed by atoms with Crippen LogP contribution in [0.25, 0.3) is 5.57 Å². The third-order valence-corrected chi connectivity index (χ3v) is 6.55. The third kappa shape index (κ3) is 1.52. The monoisotopic (exact) mass is 334 g/mol. The molecule has 1 atom stereocenters. The lowest BCUT2D eigenvalue weighted by molar-refractivity contribution is -0.120. The maximum absolute atomic E-state index is 13.6. The lowest BCUT2D eigenvalue weighted by Crippen LogP contribution is -2.51. The number of hydrogen-bond donors (Lipinski definition) is 1. The molecule has 1 unspecified atom stereocenters. The Kier molecular flexibility index (Phi) is 2.51. The van der Waals surface area contributed by atoms with Gasteiger partial charge in [-0.3, -0.25) is 9.69 Å². The third-order valence-electron chi connectivity index (χ3n) is 5.17. The van der Waals surface area contributed by atoms with Crippen molar-refractivity contribution in [2.24, 2.45) is 0 Å². The van der Waals surface area contributed by atoms with Gasteiger partial charge >= 0.3 is 0 Å². The summed E-state index contributed by atoms with van der Waals surface area (Å²) in [5, 5.41) is 3.54. The van der Waals surface area contributed by atoms with E-state index in [9.17, 15) is 4.79 Å². The van der Waals surface area contributed by atoms with Gasteiger partial charge in [0.15, 0.2) is 4.87 Å². The molecule has 5 rings (SSSR count). The number of anilines is 2. The highest BCUT2D eigenvalue weighted by Gasteiger charge is 2.59. The summed E-state index contributed by atoms with van der Waals surface area (Å²) in [7, 11) is 0. The van der Waals surface area contributed by atoms with Crippen molar-refractivity contribution in [1.29, 1.82) is 0 Å². The van der Waals surface area contributed by atoms with Gasteiger partial charge in [-0.05, 0) is 38.5 Å². The quantitative estimate of drug-likeness (QED) is 0.764. The number of nitrogens with one attached hydrogen (secondary N) is 1. The second kappa shape index (κ2) is 4.25. The highest BCUT2D eigenvalue weighted by molar-refractivity contribution is 8.01. The molecule has 3 heterocycles. The number of allylic oxidation sites excluding steroid dienone is 1.